The van der Waals surface area contributed by atoms with Crippen LogP contribution in [0.4, 0.5) is 0 Å². The minimum absolute atomic E-state index is 0.412. The molecule has 210 valence electrons. The van der Waals surface area contributed by atoms with E-state index < -0.39 is 0 Å². The first-order valence-corrected chi connectivity index (χ1v) is 19.7. The van der Waals surface area contributed by atoms with Crippen molar-refractivity contribution in [3.05, 3.63) is 59.7 Å². The molecule has 2 heterocycles. The normalized spacial score (nSPS) is 24.4. The van der Waals surface area contributed by atoms with E-state index in [1.807, 2.05) is 28.4 Å². The quantitative estimate of drug-likeness (QED) is 0.275. The van der Waals surface area contributed by atoms with Crippen molar-refractivity contribution in [2.45, 2.75) is 62.9 Å². The monoisotopic (exact) mass is 656 g/mol. The zero-order valence-electron chi connectivity index (χ0n) is 23.3. The van der Waals surface area contributed by atoms with Gasteiger partial charge in [0.25, 0.3) is 0 Å². The van der Waals surface area contributed by atoms with Crippen LogP contribution in [-0.4, -0.2) is 115 Å². The van der Waals surface area contributed by atoms with Crippen LogP contribution in [0.5, 0.6) is 0 Å². The summed E-state index contributed by atoms with van der Waals surface area (Å²) in [6.45, 7) is 5.10. The van der Waals surface area contributed by atoms with E-state index in [2.05, 4.69) is 58.3 Å². The van der Waals surface area contributed by atoms with Crippen LogP contribution >= 0.6 is 0 Å². The van der Waals surface area contributed by atoms with E-state index in [0.29, 0.717) is 50.4 Å². The predicted octanol–water partition coefficient (Wildman–Crippen LogP) is 2.21. The molecule has 2 aliphatic heterocycles. The second-order valence-electron chi connectivity index (χ2n) is 10.3. The van der Waals surface area contributed by atoms with Gasteiger partial charge in [0.15, 0.2) is 0 Å². The van der Waals surface area contributed by atoms with E-state index in [-0.39, 0.29) is 0 Å². The van der Waals surface area contributed by atoms with Crippen molar-refractivity contribution in [3.8, 4) is 0 Å². The minimum atomic E-state index is 0.412. The number of likely N-dealkylation sites (tertiary alicyclic amines) is 2. The molecule has 4 atom stereocenters. The van der Waals surface area contributed by atoms with Crippen molar-refractivity contribution < 1.29 is 18.9 Å². The van der Waals surface area contributed by atoms with Crippen molar-refractivity contribution in [1.29, 1.82) is 0 Å². The van der Waals surface area contributed by atoms with Gasteiger partial charge in [-0.3, -0.25) is 0 Å². The SMILES string of the molecule is COC[C@H]1CC[C@H](COC)N1Cc1ccccc1[Se][Se]c1ccccc1CN1[C@@H](COC)CC[C@@H]1COC. The Balaban J connectivity index is 1.47. The average Bonchev–Trinajstić information content (AvgIpc) is 3.48. The van der Waals surface area contributed by atoms with Gasteiger partial charge < -0.3 is 0 Å². The van der Waals surface area contributed by atoms with E-state index in [1.165, 1.54) is 45.7 Å². The zero-order chi connectivity index (χ0) is 26.7. The third-order valence-electron chi connectivity index (χ3n) is 7.85. The zero-order valence-corrected chi connectivity index (χ0v) is 26.8. The second-order valence-corrected chi connectivity index (χ2v) is 16.5. The van der Waals surface area contributed by atoms with Gasteiger partial charge in [0.05, 0.1) is 0 Å². The third kappa shape index (κ3) is 7.92. The van der Waals surface area contributed by atoms with E-state index >= 15 is 0 Å². The molecule has 0 unspecified atom stereocenters. The number of hydrogen-bond acceptors (Lipinski definition) is 6. The van der Waals surface area contributed by atoms with E-state index in [1.54, 1.807) is 0 Å². The number of benzene rings is 2. The Labute approximate surface area is 240 Å². The standard InChI is InChI=1S/C30H44N2O4Se2/c1-33-19-25-13-14-26(20-34-2)31(25)17-23-9-5-7-11-29(23)37-38-30-12-8-6-10-24(30)18-32-27(21-35-3)15-16-28(32)22-36-4/h5-12,25-28H,13-22H2,1-4H3/t25-,26-,27-,28-/m1/s1. The maximum absolute atomic E-state index is 5.57. The molecule has 0 N–H and O–H groups in total. The molecule has 2 fully saturated rings. The Morgan fingerprint density at radius 3 is 1.18 bits per heavy atom. The van der Waals surface area contributed by atoms with Crippen LogP contribution in [0.25, 0.3) is 0 Å². The van der Waals surface area contributed by atoms with Crippen LogP contribution < -0.4 is 8.92 Å². The van der Waals surface area contributed by atoms with Crippen LogP contribution in [0.2, 0.25) is 0 Å². The molecule has 0 bridgehead atoms. The molecule has 8 heteroatoms. The summed E-state index contributed by atoms with van der Waals surface area (Å²) < 4.78 is 25.4. The van der Waals surface area contributed by atoms with Crippen molar-refractivity contribution in [2.24, 2.45) is 0 Å². The van der Waals surface area contributed by atoms with Crippen LogP contribution in [0.15, 0.2) is 48.5 Å². The molecule has 2 aromatic carbocycles. The maximum atomic E-state index is 5.57. The molecule has 0 radical (unpaired) electrons. The Hall–Kier alpha value is -0.761. The molecular formula is C30H44N2O4Se2. The third-order valence-corrected chi connectivity index (χ3v) is 15.3. The van der Waals surface area contributed by atoms with Gasteiger partial charge in [-0.1, -0.05) is 0 Å². The molecule has 0 saturated carbocycles. The molecule has 0 aromatic heterocycles. The van der Waals surface area contributed by atoms with Crippen molar-refractivity contribution >= 4 is 35.2 Å². The van der Waals surface area contributed by atoms with Gasteiger partial charge in [0.2, 0.25) is 0 Å². The molecule has 6 nitrogen and oxygen atoms in total. The van der Waals surface area contributed by atoms with Gasteiger partial charge in [-0.05, 0) is 0 Å². The summed E-state index contributed by atoms with van der Waals surface area (Å²) in [4.78, 5) is 5.25. The van der Waals surface area contributed by atoms with Crippen LogP contribution in [0.3, 0.4) is 0 Å². The van der Waals surface area contributed by atoms with Gasteiger partial charge in [0, 0.05) is 0 Å². The number of nitrogens with zero attached hydrogens (tertiary/aromatic N) is 2. The Bertz CT molecular complexity index is 875. The predicted molar refractivity (Wildman–Crippen MR) is 156 cm³/mol. The van der Waals surface area contributed by atoms with Gasteiger partial charge in [-0.25, -0.2) is 0 Å². The Morgan fingerprint density at radius 1 is 0.553 bits per heavy atom. The van der Waals surface area contributed by atoms with E-state index in [9.17, 15) is 0 Å². The topological polar surface area (TPSA) is 43.4 Å². The van der Waals surface area contributed by atoms with E-state index in [0.717, 1.165) is 39.5 Å². The first-order chi connectivity index (χ1) is 18.7. The van der Waals surface area contributed by atoms with Crippen LogP contribution in [0.1, 0.15) is 36.8 Å². The summed E-state index contributed by atoms with van der Waals surface area (Å²) in [5.41, 5.74) is 2.94. The molecule has 0 amide bonds. The molecule has 2 saturated heterocycles. The van der Waals surface area contributed by atoms with Crippen LogP contribution in [-0.2, 0) is 32.0 Å². The van der Waals surface area contributed by atoms with Gasteiger partial charge in [0.1, 0.15) is 0 Å². The molecular weight excluding hydrogens is 610 g/mol. The van der Waals surface area contributed by atoms with Gasteiger partial charge in [-0.2, -0.15) is 0 Å². The fraction of sp³-hybridized carbons (Fsp3) is 0.600. The summed E-state index contributed by atoms with van der Waals surface area (Å²) in [6, 6.07) is 20.1. The van der Waals surface area contributed by atoms with Crippen molar-refractivity contribution in [2.75, 3.05) is 54.9 Å². The molecule has 2 aliphatic rings. The van der Waals surface area contributed by atoms with Gasteiger partial charge in [-0.15, -0.1) is 0 Å². The van der Waals surface area contributed by atoms with Crippen molar-refractivity contribution in [1.82, 2.24) is 9.80 Å². The summed E-state index contributed by atoms with van der Waals surface area (Å²) >= 11 is 0.825. The summed E-state index contributed by atoms with van der Waals surface area (Å²) in [5.74, 6) is 0. The fourth-order valence-corrected chi connectivity index (χ4v) is 13.4. The number of ether oxygens (including phenoxy) is 4. The average molecular weight is 655 g/mol. The second kappa shape index (κ2) is 15.9. The van der Waals surface area contributed by atoms with Crippen LogP contribution in [0, 0.1) is 0 Å². The summed E-state index contributed by atoms with van der Waals surface area (Å²) in [7, 11) is 7.26. The molecule has 4 rings (SSSR count). The van der Waals surface area contributed by atoms with Gasteiger partial charge >= 0.3 is 241 Å². The fourth-order valence-electron chi connectivity index (χ4n) is 5.95. The number of methoxy groups -OCH3 is 4. The number of hydrogen-bond donors (Lipinski definition) is 0. The first kappa shape index (κ1) is 30.2. The molecule has 2 aromatic rings. The number of rotatable bonds is 15. The Morgan fingerprint density at radius 2 is 0.868 bits per heavy atom. The van der Waals surface area contributed by atoms with E-state index in [4.69, 9.17) is 18.9 Å². The molecule has 0 aliphatic carbocycles. The summed E-state index contributed by atoms with van der Waals surface area (Å²) in [6.07, 6.45) is 4.71. The molecule has 38 heavy (non-hydrogen) atoms. The summed E-state index contributed by atoms with van der Waals surface area (Å²) in [5, 5.41) is 0. The van der Waals surface area contributed by atoms with Crippen molar-refractivity contribution in [3.63, 3.8) is 0 Å². The Kier molecular flexibility index (Phi) is 12.6. The first-order valence-electron chi connectivity index (χ1n) is 13.7. The molecule has 0 spiro atoms.